The summed E-state index contributed by atoms with van der Waals surface area (Å²) in [7, 11) is -4.00. The van der Waals surface area contributed by atoms with E-state index in [0.717, 1.165) is 27.9 Å². The molecule has 1 heterocycles. The fourth-order valence-corrected chi connectivity index (χ4v) is 5.66. The third-order valence-electron chi connectivity index (χ3n) is 5.20. The van der Waals surface area contributed by atoms with Gasteiger partial charge in [0.2, 0.25) is 5.91 Å². The Morgan fingerprint density at radius 1 is 1.00 bits per heavy atom. The maximum absolute atomic E-state index is 13.5. The van der Waals surface area contributed by atoms with Gasteiger partial charge >= 0.3 is 0 Å². The van der Waals surface area contributed by atoms with E-state index in [9.17, 15) is 17.6 Å². The highest BCUT2D eigenvalue weighted by Gasteiger charge is 2.34. The molecule has 164 valence electrons. The van der Waals surface area contributed by atoms with Crippen molar-refractivity contribution in [3.63, 3.8) is 0 Å². The third kappa shape index (κ3) is 4.56. The van der Waals surface area contributed by atoms with Gasteiger partial charge < -0.3 is 0 Å². The molecule has 8 heteroatoms. The zero-order valence-corrected chi connectivity index (χ0v) is 18.9. The lowest BCUT2D eigenvalue weighted by molar-refractivity contribution is -0.118. The lowest BCUT2D eigenvalue weighted by Crippen LogP contribution is -2.42. The van der Waals surface area contributed by atoms with Gasteiger partial charge in [0, 0.05) is 6.54 Å². The average molecular weight is 469 g/mol. The molecule has 4 rings (SSSR count). The number of fused-ring (bicyclic) bond motifs is 1. The van der Waals surface area contributed by atoms with E-state index in [1.165, 1.54) is 35.3 Å². The number of amides is 1. The monoisotopic (exact) mass is 468 g/mol. The van der Waals surface area contributed by atoms with Gasteiger partial charge in [-0.3, -0.25) is 9.69 Å². The van der Waals surface area contributed by atoms with Crippen LogP contribution in [0.3, 0.4) is 0 Å². The molecule has 1 unspecified atom stereocenters. The predicted octanol–water partition coefficient (Wildman–Crippen LogP) is 4.87. The summed E-state index contributed by atoms with van der Waals surface area (Å²) in [6.07, 6.45) is 0.547. The summed E-state index contributed by atoms with van der Waals surface area (Å²) in [6, 6.07) is 21.7. The topological polar surface area (TPSA) is 67.3 Å². The molecule has 0 saturated heterocycles. The van der Waals surface area contributed by atoms with Crippen LogP contribution >= 0.6 is 11.3 Å². The van der Waals surface area contributed by atoms with Gasteiger partial charge in [-0.2, -0.15) is 0 Å². The molecule has 1 aromatic heterocycles. The van der Waals surface area contributed by atoms with Crippen LogP contribution in [-0.4, -0.2) is 31.1 Å². The van der Waals surface area contributed by atoms with E-state index >= 15 is 0 Å². The Hall–Kier alpha value is -3.10. The van der Waals surface area contributed by atoms with Crippen LogP contribution in [0.1, 0.15) is 12.5 Å². The largest absolute Gasteiger partial charge is 0.287 e. The number of thiazole rings is 1. The molecule has 0 fully saturated rings. The van der Waals surface area contributed by atoms with Crippen molar-refractivity contribution < 1.29 is 17.6 Å². The molecular weight excluding hydrogens is 447 g/mol. The molecule has 1 atom stereocenters. The number of hydrogen-bond acceptors (Lipinski definition) is 5. The number of nitrogens with zero attached hydrogens (tertiary/aromatic N) is 2. The van der Waals surface area contributed by atoms with Gasteiger partial charge in [0.25, 0.3) is 0 Å². The fraction of sp³-hybridized carbons (Fsp3) is 0.167. The number of anilines is 1. The van der Waals surface area contributed by atoms with Crippen LogP contribution in [0.2, 0.25) is 0 Å². The Kier molecular flexibility index (Phi) is 6.34. The van der Waals surface area contributed by atoms with Gasteiger partial charge in [0.05, 0.1) is 15.1 Å². The summed E-state index contributed by atoms with van der Waals surface area (Å²) in [6.45, 7) is 1.65. The van der Waals surface area contributed by atoms with Crippen molar-refractivity contribution in [1.82, 2.24) is 4.98 Å². The van der Waals surface area contributed by atoms with Crippen molar-refractivity contribution in [2.75, 3.05) is 11.4 Å². The maximum atomic E-state index is 13.5. The first kappa shape index (κ1) is 22.1. The van der Waals surface area contributed by atoms with Crippen LogP contribution in [0, 0.1) is 5.82 Å². The summed E-state index contributed by atoms with van der Waals surface area (Å²) in [4.78, 5) is 19.4. The highest BCUT2D eigenvalue weighted by atomic mass is 32.2. The molecule has 0 radical (unpaired) electrons. The van der Waals surface area contributed by atoms with Crippen molar-refractivity contribution in [2.45, 2.75) is 23.5 Å². The minimum Gasteiger partial charge on any atom is -0.287 e. The summed E-state index contributed by atoms with van der Waals surface area (Å²) in [5, 5.41) is -0.899. The zero-order valence-electron chi connectivity index (χ0n) is 17.3. The molecule has 0 saturated carbocycles. The minimum atomic E-state index is -4.00. The van der Waals surface area contributed by atoms with E-state index < -0.39 is 26.8 Å². The van der Waals surface area contributed by atoms with Gasteiger partial charge in [0.1, 0.15) is 11.1 Å². The lowest BCUT2D eigenvalue weighted by atomic mass is 10.1. The van der Waals surface area contributed by atoms with E-state index in [4.69, 9.17) is 0 Å². The molecule has 5 nitrogen and oxygen atoms in total. The van der Waals surface area contributed by atoms with Crippen molar-refractivity contribution in [1.29, 1.82) is 0 Å². The molecule has 1 amide bonds. The second kappa shape index (κ2) is 9.18. The first-order valence-electron chi connectivity index (χ1n) is 10.1. The molecule has 0 spiro atoms. The summed E-state index contributed by atoms with van der Waals surface area (Å²) >= 11 is 1.34. The molecule has 4 aromatic rings. The Balaban J connectivity index is 1.67. The summed E-state index contributed by atoms with van der Waals surface area (Å²) < 4.78 is 40.3. The molecule has 0 N–H and O–H groups in total. The van der Waals surface area contributed by atoms with Gasteiger partial charge in [-0.05, 0) is 55.3 Å². The molecule has 0 bridgehead atoms. The molecule has 0 aliphatic heterocycles. The maximum Gasteiger partial charge on any atom is 0.247 e. The predicted molar refractivity (Wildman–Crippen MR) is 125 cm³/mol. The van der Waals surface area contributed by atoms with Gasteiger partial charge in [-0.15, -0.1) is 0 Å². The van der Waals surface area contributed by atoms with E-state index in [-0.39, 0.29) is 11.4 Å². The number of carbonyl (C=O) groups is 1. The highest BCUT2D eigenvalue weighted by Crippen LogP contribution is 2.30. The van der Waals surface area contributed by atoms with E-state index in [2.05, 4.69) is 4.98 Å². The fourth-order valence-electron chi connectivity index (χ4n) is 3.34. The molecule has 0 aliphatic carbocycles. The van der Waals surface area contributed by atoms with Crippen LogP contribution in [0.5, 0.6) is 0 Å². The molecular formula is C24H21FN2O3S2. The average Bonchev–Trinajstić information content (AvgIpc) is 3.23. The van der Waals surface area contributed by atoms with E-state index in [1.54, 1.807) is 0 Å². The van der Waals surface area contributed by atoms with Crippen LogP contribution in [0.25, 0.3) is 10.2 Å². The van der Waals surface area contributed by atoms with Crippen molar-refractivity contribution in [3.8, 4) is 0 Å². The first-order valence-corrected chi connectivity index (χ1v) is 12.4. The smallest absolute Gasteiger partial charge is 0.247 e. The minimum absolute atomic E-state index is 0.0907. The van der Waals surface area contributed by atoms with Gasteiger partial charge in [-0.1, -0.05) is 53.8 Å². The Morgan fingerprint density at radius 2 is 1.66 bits per heavy atom. The number of hydrogen-bond donors (Lipinski definition) is 0. The Morgan fingerprint density at radius 3 is 2.34 bits per heavy atom. The van der Waals surface area contributed by atoms with Crippen LogP contribution < -0.4 is 4.90 Å². The third-order valence-corrected chi connectivity index (χ3v) is 8.32. The Labute approximate surface area is 190 Å². The number of carbonyl (C=O) groups excluding carboxylic acids is 1. The van der Waals surface area contributed by atoms with E-state index in [0.29, 0.717) is 11.6 Å². The first-order chi connectivity index (χ1) is 15.4. The number of halogens is 1. The van der Waals surface area contributed by atoms with Crippen LogP contribution in [0.4, 0.5) is 9.52 Å². The SMILES string of the molecule is CC(C(=O)N(CCc1ccccc1)c1nc2ccccc2s1)S(=O)(=O)c1ccc(F)cc1. The van der Waals surface area contributed by atoms with Crippen LogP contribution in [0.15, 0.2) is 83.8 Å². The standard InChI is InChI=1S/C24H21FN2O3S2/c1-17(32(29,30)20-13-11-19(25)12-14-20)23(28)27(16-15-18-7-3-2-4-8-18)24-26-21-9-5-6-10-22(21)31-24/h2-14,17H,15-16H2,1H3. The van der Waals surface area contributed by atoms with Crippen molar-refractivity contribution in [2.24, 2.45) is 0 Å². The van der Waals surface area contributed by atoms with Crippen LogP contribution in [-0.2, 0) is 21.1 Å². The summed E-state index contributed by atoms with van der Waals surface area (Å²) in [5.41, 5.74) is 1.78. The zero-order chi connectivity index (χ0) is 22.7. The quantitative estimate of drug-likeness (QED) is 0.363. The van der Waals surface area contributed by atoms with Crippen molar-refractivity contribution in [3.05, 3.63) is 90.2 Å². The number of para-hydroxylation sites is 1. The number of sulfone groups is 1. The normalized spacial score (nSPS) is 12.6. The summed E-state index contributed by atoms with van der Waals surface area (Å²) in [5.74, 6) is -1.11. The van der Waals surface area contributed by atoms with E-state index in [1.807, 2.05) is 54.6 Å². The lowest BCUT2D eigenvalue weighted by Gasteiger charge is -2.23. The highest BCUT2D eigenvalue weighted by molar-refractivity contribution is 7.92. The van der Waals surface area contributed by atoms with Gasteiger partial charge in [-0.25, -0.2) is 17.8 Å². The number of benzene rings is 3. The second-order valence-electron chi connectivity index (χ2n) is 7.33. The van der Waals surface area contributed by atoms with Gasteiger partial charge in [0.15, 0.2) is 15.0 Å². The number of aromatic nitrogens is 1. The second-order valence-corrected chi connectivity index (χ2v) is 10.6. The number of rotatable bonds is 7. The molecule has 32 heavy (non-hydrogen) atoms. The Bertz CT molecular complexity index is 1300. The van der Waals surface area contributed by atoms with Crippen molar-refractivity contribution >= 4 is 42.4 Å². The molecule has 0 aliphatic rings. The molecule has 3 aromatic carbocycles.